The van der Waals surface area contributed by atoms with E-state index in [-0.39, 0.29) is 23.3 Å². The number of aromatic nitrogens is 3. The van der Waals surface area contributed by atoms with E-state index in [1.165, 1.54) is 0 Å². The molecule has 6 nitrogen and oxygen atoms in total. The molecule has 1 aliphatic rings. The number of likely N-dealkylation sites (tertiary alicyclic amines) is 1. The van der Waals surface area contributed by atoms with Crippen LogP contribution in [0.2, 0.25) is 0 Å². The van der Waals surface area contributed by atoms with Crippen LogP contribution in [0.1, 0.15) is 31.8 Å². The van der Waals surface area contributed by atoms with Crippen molar-refractivity contribution in [3.63, 3.8) is 0 Å². The maximum absolute atomic E-state index is 12.4. The minimum atomic E-state index is -0.0196. The van der Waals surface area contributed by atoms with E-state index in [9.17, 15) is 9.59 Å². The number of hydrogen-bond acceptors (Lipinski definition) is 3. The molecule has 0 saturated carbocycles. The Morgan fingerprint density at radius 3 is 2.58 bits per heavy atom. The van der Waals surface area contributed by atoms with Crippen LogP contribution in [0.3, 0.4) is 0 Å². The summed E-state index contributed by atoms with van der Waals surface area (Å²) in [6.45, 7) is 4.79. The Balaban J connectivity index is 1.44. The number of benzene rings is 1. The molecule has 0 radical (unpaired) electrons. The third-order valence-electron chi connectivity index (χ3n) is 5.39. The molecule has 136 valence electrons. The average molecular weight is 352 g/mol. The third-order valence-corrected chi connectivity index (χ3v) is 5.39. The molecule has 1 aliphatic heterocycles. The van der Waals surface area contributed by atoms with Gasteiger partial charge in [0.1, 0.15) is 0 Å². The molecule has 2 aromatic heterocycles. The number of pyridine rings is 1. The average Bonchev–Trinajstić information content (AvgIpc) is 2.98. The minimum Gasteiger partial charge on any atom is -0.311 e. The monoisotopic (exact) mass is 352 g/mol. The van der Waals surface area contributed by atoms with Crippen LogP contribution in [-0.2, 0) is 0 Å². The highest BCUT2D eigenvalue weighted by Crippen LogP contribution is 2.25. The minimum absolute atomic E-state index is 0.0196. The summed E-state index contributed by atoms with van der Waals surface area (Å²) < 4.78 is 3.70. The van der Waals surface area contributed by atoms with E-state index in [2.05, 4.69) is 16.8 Å². The van der Waals surface area contributed by atoms with Crippen LogP contribution in [0.25, 0.3) is 11.0 Å². The molecule has 1 N–H and O–H groups in total. The van der Waals surface area contributed by atoms with Gasteiger partial charge in [-0.05, 0) is 38.0 Å². The molecule has 0 unspecified atom stereocenters. The van der Waals surface area contributed by atoms with Crippen molar-refractivity contribution < 1.29 is 0 Å². The van der Waals surface area contributed by atoms with Gasteiger partial charge in [0.2, 0.25) is 0 Å². The highest BCUT2D eigenvalue weighted by Gasteiger charge is 2.24. The number of H-pyrrole nitrogens is 1. The molecule has 26 heavy (non-hydrogen) atoms. The summed E-state index contributed by atoms with van der Waals surface area (Å²) in [4.78, 5) is 29.7. The topological polar surface area (TPSA) is 63.0 Å². The molecule has 0 spiro atoms. The number of rotatable bonds is 4. The van der Waals surface area contributed by atoms with E-state index in [1.807, 2.05) is 41.1 Å². The van der Waals surface area contributed by atoms with E-state index < -0.39 is 0 Å². The van der Waals surface area contributed by atoms with Crippen molar-refractivity contribution in [2.75, 3.05) is 19.6 Å². The molecule has 4 rings (SSSR count). The number of fused-ring (bicyclic) bond motifs is 1. The Bertz CT molecular complexity index is 1010. The first-order chi connectivity index (χ1) is 12.6. The number of nitrogens with one attached hydrogen (secondary N) is 1. The summed E-state index contributed by atoms with van der Waals surface area (Å²) in [6.07, 6.45) is 3.74. The van der Waals surface area contributed by atoms with Crippen LogP contribution in [0.5, 0.6) is 0 Å². The summed E-state index contributed by atoms with van der Waals surface area (Å²) in [7, 11) is 0. The lowest BCUT2D eigenvalue weighted by molar-refractivity contribution is 0.167. The van der Waals surface area contributed by atoms with Gasteiger partial charge < -0.3 is 14.5 Å². The van der Waals surface area contributed by atoms with Crippen molar-refractivity contribution in [1.82, 2.24) is 19.0 Å². The molecule has 0 amide bonds. The second-order valence-electron chi connectivity index (χ2n) is 7.14. The van der Waals surface area contributed by atoms with Gasteiger partial charge in [0.25, 0.3) is 5.56 Å². The van der Waals surface area contributed by atoms with Crippen molar-refractivity contribution in [1.29, 1.82) is 0 Å². The van der Waals surface area contributed by atoms with Gasteiger partial charge in [0, 0.05) is 44.0 Å². The van der Waals surface area contributed by atoms with Crippen LogP contribution in [0.15, 0.2) is 58.3 Å². The molecule has 0 aliphatic carbocycles. The van der Waals surface area contributed by atoms with Gasteiger partial charge in [-0.15, -0.1) is 0 Å². The summed E-state index contributed by atoms with van der Waals surface area (Å²) in [5.74, 6) is 0. The summed E-state index contributed by atoms with van der Waals surface area (Å²) in [5, 5.41) is 0. The highest BCUT2D eigenvalue weighted by atomic mass is 16.1. The van der Waals surface area contributed by atoms with Crippen LogP contribution >= 0.6 is 0 Å². The fourth-order valence-electron chi connectivity index (χ4n) is 4.06. The van der Waals surface area contributed by atoms with Gasteiger partial charge in [-0.1, -0.05) is 18.2 Å². The van der Waals surface area contributed by atoms with Gasteiger partial charge in [-0.2, -0.15) is 0 Å². The van der Waals surface area contributed by atoms with E-state index in [1.54, 1.807) is 16.7 Å². The number of nitrogens with zero attached hydrogens (tertiary/aromatic N) is 3. The number of aromatic amines is 1. The first-order valence-corrected chi connectivity index (χ1v) is 9.22. The Labute approximate surface area is 151 Å². The number of piperidine rings is 1. The Kier molecular flexibility index (Phi) is 4.51. The maximum Gasteiger partial charge on any atom is 0.326 e. The van der Waals surface area contributed by atoms with E-state index >= 15 is 0 Å². The summed E-state index contributed by atoms with van der Waals surface area (Å²) >= 11 is 0. The van der Waals surface area contributed by atoms with Gasteiger partial charge in [-0.3, -0.25) is 9.36 Å². The van der Waals surface area contributed by atoms with Crippen LogP contribution in [0.4, 0.5) is 0 Å². The second-order valence-corrected chi connectivity index (χ2v) is 7.14. The fraction of sp³-hybridized carbons (Fsp3) is 0.400. The predicted molar refractivity (Wildman–Crippen MR) is 103 cm³/mol. The number of para-hydroxylation sites is 2. The van der Waals surface area contributed by atoms with Crippen molar-refractivity contribution in [3.05, 3.63) is 69.5 Å². The molecular formula is C20H24N4O2. The Morgan fingerprint density at radius 1 is 1.08 bits per heavy atom. The Morgan fingerprint density at radius 2 is 1.81 bits per heavy atom. The molecule has 3 aromatic rings. The fourth-order valence-corrected chi connectivity index (χ4v) is 4.06. The second kappa shape index (κ2) is 6.96. The molecule has 6 heteroatoms. The van der Waals surface area contributed by atoms with E-state index in [0.717, 1.165) is 43.5 Å². The first-order valence-electron chi connectivity index (χ1n) is 9.22. The zero-order valence-electron chi connectivity index (χ0n) is 15.0. The summed E-state index contributed by atoms with van der Waals surface area (Å²) in [6, 6.07) is 13.5. The Hall–Kier alpha value is -2.60. The highest BCUT2D eigenvalue weighted by molar-refractivity contribution is 5.75. The van der Waals surface area contributed by atoms with Crippen molar-refractivity contribution in [2.45, 2.75) is 31.8 Å². The zero-order valence-corrected chi connectivity index (χ0v) is 15.0. The standard InChI is InChI=1S/C20H24N4O2/c1-15(23-11-5-4-8-19(23)25)14-22-12-9-16(10-13-22)24-18-7-3-2-6-17(18)21-20(24)26/h2-8,11,15-16H,9-10,12-14H2,1H3,(H,21,26)/t15-/m0/s1. The molecule has 1 saturated heterocycles. The SMILES string of the molecule is C[C@@H](CN1CCC(n2c(=O)[nH]c3ccccc32)CC1)n1ccccc1=O. The van der Waals surface area contributed by atoms with Crippen molar-refractivity contribution in [3.8, 4) is 0 Å². The molecule has 0 bridgehead atoms. The van der Waals surface area contributed by atoms with Crippen molar-refractivity contribution >= 4 is 11.0 Å². The normalized spacial score (nSPS) is 17.6. The quantitative estimate of drug-likeness (QED) is 0.784. The van der Waals surface area contributed by atoms with E-state index in [0.29, 0.717) is 0 Å². The lowest BCUT2D eigenvalue weighted by Gasteiger charge is -2.34. The van der Waals surface area contributed by atoms with E-state index in [4.69, 9.17) is 0 Å². The largest absolute Gasteiger partial charge is 0.326 e. The number of hydrogen-bond donors (Lipinski definition) is 1. The van der Waals surface area contributed by atoms with Crippen LogP contribution in [-0.4, -0.2) is 38.7 Å². The lowest BCUT2D eigenvalue weighted by Crippen LogP contribution is -2.40. The van der Waals surface area contributed by atoms with Gasteiger partial charge in [0.05, 0.1) is 11.0 Å². The number of imidazole rings is 1. The van der Waals surface area contributed by atoms with Gasteiger partial charge >= 0.3 is 5.69 Å². The first kappa shape index (κ1) is 16.8. The lowest BCUT2D eigenvalue weighted by atomic mass is 10.0. The molecule has 3 heterocycles. The van der Waals surface area contributed by atoms with Crippen LogP contribution < -0.4 is 11.2 Å². The molecule has 1 fully saturated rings. The zero-order chi connectivity index (χ0) is 18.1. The third kappa shape index (κ3) is 3.12. The van der Waals surface area contributed by atoms with Gasteiger partial charge in [0.15, 0.2) is 0 Å². The van der Waals surface area contributed by atoms with Crippen LogP contribution in [0, 0.1) is 0 Å². The molecule has 1 aromatic carbocycles. The molecule has 1 atom stereocenters. The summed E-state index contributed by atoms with van der Waals surface area (Å²) in [5.41, 5.74) is 1.91. The smallest absolute Gasteiger partial charge is 0.311 e. The predicted octanol–water partition coefficient (Wildman–Crippen LogP) is 2.39. The maximum atomic E-state index is 12.4. The van der Waals surface area contributed by atoms with Crippen molar-refractivity contribution in [2.24, 2.45) is 0 Å². The molecular weight excluding hydrogens is 328 g/mol. The van der Waals surface area contributed by atoms with Gasteiger partial charge in [-0.25, -0.2) is 4.79 Å².